The molecular weight excluding hydrogens is 241 g/mol. The van der Waals surface area contributed by atoms with Gasteiger partial charge in [-0.05, 0) is 57.2 Å². The lowest BCUT2D eigenvalue weighted by atomic mass is 10.1. The summed E-state index contributed by atoms with van der Waals surface area (Å²) in [4.78, 5) is 0. The summed E-state index contributed by atoms with van der Waals surface area (Å²) < 4.78 is 19.0. The fourth-order valence-electron chi connectivity index (χ4n) is 1.89. The van der Waals surface area contributed by atoms with Gasteiger partial charge in [0, 0.05) is 12.1 Å². The van der Waals surface area contributed by atoms with Gasteiger partial charge in [-0.2, -0.15) is 0 Å². The summed E-state index contributed by atoms with van der Waals surface area (Å²) in [7, 11) is 0. The Bertz CT molecular complexity index is 392. The maximum Gasteiger partial charge on any atom is 0.123 e. The topological polar surface area (TPSA) is 21.3 Å². The first-order valence-corrected chi connectivity index (χ1v) is 7.06. The fraction of sp³-hybridized carbons (Fsp3) is 0.625. The molecule has 0 radical (unpaired) electrons. The van der Waals surface area contributed by atoms with Crippen LogP contribution in [0.25, 0.3) is 0 Å². The van der Waals surface area contributed by atoms with E-state index in [-0.39, 0.29) is 17.5 Å². The van der Waals surface area contributed by atoms with Crippen LogP contribution in [-0.4, -0.2) is 18.7 Å². The van der Waals surface area contributed by atoms with Gasteiger partial charge in [-0.15, -0.1) is 0 Å². The van der Waals surface area contributed by atoms with Gasteiger partial charge in [0.15, 0.2) is 0 Å². The van der Waals surface area contributed by atoms with Gasteiger partial charge >= 0.3 is 0 Å². The van der Waals surface area contributed by atoms with Crippen molar-refractivity contribution in [2.45, 2.75) is 45.3 Å². The van der Waals surface area contributed by atoms with Gasteiger partial charge in [0.2, 0.25) is 0 Å². The van der Waals surface area contributed by atoms with Gasteiger partial charge in [0.25, 0.3) is 0 Å². The molecule has 0 amide bonds. The molecule has 2 nitrogen and oxygen atoms in total. The largest absolute Gasteiger partial charge is 0.372 e. The quantitative estimate of drug-likeness (QED) is 0.847. The highest BCUT2D eigenvalue weighted by molar-refractivity contribution is 5.19. The molecule has 0 aromatic heterocycles. The van der Waals surface area contributed by atoms with Crippen molar-refractivity contribution in [2.75, 3.05) is 13.2 Å². The van der Waals surface area contributed by atoms with Crippen LogP contribution in [-0.2, 0) is 4.74 Å². The molecule has 0 saturated heterocycles. The smallest absolute Gasteiger partial charge is 0.123 e. The molecule has 1 aliphatic carbocycles. The van der Waals surface area contributed by atoms with Crippen LogP contribution < -0.4 is 5.32 Å². The highest BCUT2D eigenvalue weighted by atomic mass is 19.1. The molecule has 0 heterocycles. The lowest BCUT2D eigenvalue weighted by Crippen LogP contribution is -2.39. The van der Waals surface area contributed by atoms with Crippen LogP contribution in [0.2, 0.25) is 0 Å². The molecule has 1 N–H and O–H groups in total. The molecule has 1 atom stereocenters. The first-order chi connectivity index (χ1) is 8.94. The second-order valence-electron chi connectivity index (χ2n) is 6.45. The zero-order valence-electron chi connectivity index (χ0n) is 12.1. The molecular formula is C16H24FNO. The van der Waals surface area contributed by atoms with Crippen molar-refractivity contribution >= 4 is 0 Å². The van der Waals surface area contributed by atoms with Crippen molar-refractivity contribution in [2.24, 2.45) is 5.92 Å². The fourth-order valence-corrected chi connectivity index (χ4v) is 1.89. The molecule has 0 aliphatic heterocycles. The number of hydrogen-bond acceptors (Lipinski definition) is 2. The van der Waals surface area contributed by atoms with Gasteiger partial charge < -0.3 is 10.1 Å². The average Bonchev–Trinajstić information content (AvgIpc) is 3.13. The molecule has 1 aliphatic rings. The van der Waals surface area contributed by atoms with Crippen molar-refractivity contribution in [3.05, 3.63) is 35.6 Å². The minimum absolute atomic E-state index is 0.000394. The Labute approximate surface area is 115 Å². The number of halogens is 1. The van der Waals surface area contributed by atoms with E-state index in [4.69, 9.17) is 4.74 Å². The van der Waals surface area contributed by atoms with Gasteiger partial charge in [0.05, 0.1) is 12.7 Å². The number of rotatable bonds is 6. The number of nitrogens with one attached hydrogen (secondary N) is 1. The lowest BCUT2D eigenvalue weighted by molar-refractivity contribution is 0.0411. The first kappa shape index (κ1) is 14.5. The van der Waals surface area contributed by atoms with E-state index in [1.54, 1.807) is 0 Å². The molecule has 106 valence electrons. The molecule has 0 spiro atoms. The van der Waals surface area contributed by atoms with Crippen molar-refractivity contribution in [1.29, 1.82) is 0 Å². The summed E-state index contributed by atoms with van der Waals surface area (Å²) in [5.74, 6) is 0.533. The van der Waals surface area contributed by atoms with Crippen molar-refractivity contribution in [1.82, 2.24) is 5.32 Å². The zero-order valence-corrected chi connectivity index (χ0v) is 12.1. The minimum Gasteiger partial charge on any atom is -0.372 e. The van der Waals surface area contributed by atoms with Crippen LogP contribution in [0.15, 0.2) is 24.3 Å². The Hall–Kier alpha value is -0.930. The molecule has 1 unspecified atom stereocenters. The van der Waals surface area contributed by atoms with Gasteiger partial charge in [-0.3, -0.25) is 0 Å². The van der Waals surface area contributed by atoms with Crippen molar-refractivity contribution in [3.8, 4) is 0 Å². The van der Waals surface area contributed by atoms with Crippen LogP contribution >= 0.6 is 0 Å². The van der Waals surface area contributed by atoms with Crippen molar-refractivity contribution in [3.63, 3.8) is 0 Å². The maximum atomic E-state index is 13.0. The predicted molar refractivity (Wildman–Crippen MR) is 75.6 cm³/mol. The van der Waals surface area contributed by atoms with E-state index in [2.05, 4.69) is 26.1 Å². The van der Waals surface area contributed by atoms with E-state index in [1.807, 2.05) is 12.1 Å². The summed E-state index contributed by atoms with van der Waals surface area (Å²) in [5.41, 5.74) is 1.10. The molecule has 1 fully saturated rings. The highest BCUT2D eigenvalue weighted by Gasteiger charge is 2.24. The summed E-state index contributed by atoms with van der Waals surface area (Å²) in [6.45, 7) is 7.97. The third-order valence-electron chi connectivity index (χ3n) is 3.29. The zero-order chi connectivity index (χ0) is 13.9. The summed E-state index contributed by atoms with van der Waals surface area (Å²) in [6, 6.07) is 6.63. The second-order valence-corrected chi connectivity index (χ2v) is 6.45. The molecule has 1 aromatic carbocycles. The average molecular weight is 265 g/mol. The Balaban J connectivity index is 1.97. The second kappa shape index (κ2) is 6.02. The lowest BCUT2D eigenvalue weighted by Gasteiger charge is -2.26. The Kier molecular flexibility index (Phi) is 4.58. The highest BCUT2D eigenvalue weighted by Crippen LogP contribution is 2.31. The number of benzene rings is 1. The van der Waals surface area contributed by atoms with Crippen molar-refractivity contribution < 1.29 is 9.13 Å². The van der Waals surface area contributed by atoms with Gasteiger partial charge in [0.1, 0.15) is 5.82 Å². The van der Waals surface area contributed by atoms with E-state index in [0.29, 0.717) is 0 Å². The van der Waals surface area contributed by atoms with E-state index in [9.17, 15) is 4.39 Å². The van der Waals surface area contributed by atoms with Crippen LogP contribution in [0, 0.1) is 11.7 Å². The summed E-state index contributed by atoms with van der Waals surface area (Å²) in [6.07, 6.45) is 2.56. The Morgan fingerprint density at radius 3 is 2.42 bits per heavy atom. The SMILES string of the molecule is CC(C)(C)NCC(OCC1CC1)c1ccc(F)cc1. The third-order valence-corrected chi connectivity index (χ3v) is 3.29. The van der Waals surface area contributed by atoms with Crippen LogP contribution in [0.3, 0.4) is 0 Å². The van der Waals surface area contributed by atoms with E-state index < -0.39 is 0 Å². The number of hydrogen-bond donors (Lipinski definition) is 1. The summed E-state index contributed by atoms with van der Waals surface area (Å²) in [5, 5.41) is 3.46. The van der Waals surface area contributed by atoms with Crippen LogP contribution in [0.5, 0.6) is 0 Å². The van der Waals surface area contributed by atoms with E-state index >= 15 is 0 Å². The van der Waals surface area contributed by atoms with Gasteiger partial charge in [-0.25, -0.2) is 4.39 Å². The summed E-state index contributed by atoms with van der Waals surface area (Å²) >= 11 is 0. The monoisotopic (exact) mass is 265 g/mol. The molecule has 1 saturated carbocycles. The van der Waals surface area contributed by atoms with E-state index in [0.717, 1.165) is 24.6 Å². The maximum absolute atomic E-state index is 13.0. The molecule has 1 aromatic rings. The molecule has 2 rings (SSSR count). The molecule has 0 bridgehead atoms. The molecule has 3 heteroatoms. The normalized spacial score (nSPS) is 17.5. The van der Waals surface area contributed by atoms with Gasteiger partial charge in [-0.1, -0.05) is 12.1 Å². The van der Waals surface area contributed by atoms with E-state index in [1.165, 1.54) is 25.0 Å². The van der Waals surface area contributed by atoms with Crippen LogP contribution in [0.4, 0.5) is 4.39 Å². The standard InChI is InChI=1S/C16H24FNO/c1-16(2,3)18-10-15(19-11-12-4-5-12)13-6-8-14(17)9-7-13/h6-9,12,15,18H,4-5,10-11H2,1-3H3. The Morgan fingerprint density at radius 1 is 1.26 bits per heavy atom. The molecule has 19 heavy (non-hydrogen) atoms. The Morgan fingerprint density at radius 2 is 1.89 bits per heavy atom. The van der Waals surface area contributed by atoms with Crippen LogP contribution in [0.1, 0.15) is 45.3 Å². The minimum atomic E-state index is -0.200. The predicted octanol–water partition coefficient (Wildman–Crippen LogP) is 3.68. The number of ether oxygens (including phenoxy) is 1. The third kappa shape index (κ3) is 5.29. The first-order valence-electron chi connectivity index (χ1n) is 7.06.